The van der Waals surface area contributed by atoms with E-state index in [4.69, 9.17) is 9.47 Å². The molecule has 6 heteroatoms. The Kier molecular flexibility index (Phi) is 11.2. The molecule has 0 aliphatic heterocycles. The van der Waals surface area contributed by atoms with Crippen LogP contribution in [0.4, 0.5) is 0 Å². The first-order valence-electron chi connectivity index (χ1n) is 14.2. The first kappa shape index (κ1) is 30.5. The average Bonchev–Trinajstić information content (AvgIpc) is 2.72. The van der Waals surface area contributed by atoms with Crippen molar-refractivity contribution < 1.29 is 28.7 Å². The summed E-state index contributed by atoms with van der Waals surface area (Å²) >= 11 is 0. The number of carbonyl (C=O) groups excluding carboxylic acids is 4. The Labute approximate surface area is 218 Å². The summed E-state index contributed by atoms with van der Waals surface area (Å²) in [7, 11) is 0. The summed E-state index contributed by atoms with van der Waals surface area (Å²) in [6, 6.07) is 0. The van der Waals surface area contributed by atoms with Crippen molar-refractivity contribution in [3.63, 3.8) is 0 Å². The van der Waals surface area contributed by atoms with Crippen LogP contribution in [0.2, 0.25) is 0 Å². The Bertz CT molecular complexity index is 722. The van der Waals surface area contributed by atoms with Crippen LogP contribution in [0.15, 0.2) is 0 Å². The van der Waals surface area contributed by atoms with Gasteiger partial charge in [-0.3, -0.25) is 19.2 Å². The van der Waals surface area contributed by atoms with E-state index in [1.165, 1.54) is 13.8 Å². The number of carbonyl (C=O) groups is 4. The fourth-order valence-electron chi connectivity index (χ4n) is 6.64. The van der Waals surface area contributed by atoms with Gasteiger partial charge < -0.3 is 9.47 Å². The van der Waals surface area contributed by atoms with Crippen molar-refractivity contribution in [1.29, 1.82) is 0 Å². The second-order valence-corrected chi connectivity index (χ2v) is 12.6. The second-order valence-electron chi connectivity index (χ2n) is 12.6. The van der Waals surface area contributed by atoms with Crippen LogP contribution in [0.25, 0.3) is 0 Å². The summed E-state index contributed by atoms with van der Waals surface area (Å²) in [5.41, 5.74) is 0. The molecule has 8 atom stereocenters. The third-order valence-corrected chi connectivity index (χ3v) is 8.89. The van der Waals surface area contributed by atoms with Crippen molar-refractivity contribution in [2.24, 2.45) is 53.3 Å². The minimum absolute atomic E-state index is 0.239. The standard InChI is InChI=1S/C30H50O6/c1-16(2)23-12-10-18(5)14-25(23)35-29(33)27(21(8)31)20(7)28(22(9)32)30(34)36-26-15-19(6)11-13-24(26)17(3)4/h16-20,23-28H,10-15H2,1-9H3/t18-,19-,23-,24-,25-,26-,27-,28-/m1/s1. The number of ketones is 2. The topological polar surface area (TPSA) is 86.7 Å². The van der Waals surface area contributed by atoms with Gasteiger partial charge in [0.2, 0.25) is 0 Å². The van der Waals surface area contributed by atoms with E-state index in [1.54, 1.807) is 6.92 Å². The van der Waals surface area contributed by atoms with Gasteiger partial charge in [-0.1, -0.05) is 61.3 Å². The van der Waals surface area contributed by atoms with Gasteiger partial charge in [-0.2, -0.15) is 0 Å². The second kappa shape index (κ2) is 13.2. The Morgan fingerprint density at radius 2 is 0.944 bits per heavy atom. The minimum atomic E-state index is -1.18. The van der Waals surface area contributed by atoms with Crippen LogP contribution in [0.1, 0.15) is 101 Å². The van der Waals surface area contributed by atoms with Gasteiger partial charge in [0.1, 0.15) is 35.6 Å². The van der Waals surface area contributed by atoms with Crippen LogP contribution >= 0.6 is 0 Å². The average molecular weight is 507 g/mol. The fourth-order valence-corrected chi connectivity index (χ4v) is 6.64. The molecule has 0 saturated heterocycles. The molecule has 0 amide bonds. The highest BCUT2D eigenvalue weighted by atomic mass is 16.6. The first-order chi connectivity index (χ1) is 16.7. The van der Waals surface area contributed by atoms with Gasteiger partial charge in [0.05, 0.1) is 0 Å². The van der Waals surface area contributed by atoms with E-state index in [2.05, 4.69) is 41.5 Å². The molecular formula is C30H50O6. The van der Waals surface area contributed by atoms with Crippen molar-refractivity contribution in [2.45, 2.75) is 113 Å². The first-order valence-corrected chi connectivity index (χ1v) is 14.2. The van der Waals surface area contributed by atoms with Crippen LogP contribution in [0, 0.1) is 53.3 Å². The Morgan fingerprint density at radius 3 is 1.22 bits per heavy atom. The molecule has 2 rings (SSSR count). The van der Waals surface area contributed by atoms with Crippen LogP contribution in [-0.4, -0.2) is 35.7 Å². The number of hydrogen-bond acceptors (Lipinski definition) is 6. The van der Waals surface area contributed by atoms with E-state index in [-0.39, 0.29) is 35.6 Å². The predicted molar refractivity (Wildman–Crippen MR) is 140 cm³/mol. The molecule has 2 aliphatic rings. The largest absolute Gasteiger partial charge is 0.462 e. The summed E-state index contributed by atoms with van der Waals surface area (Å²) < 4.78 is 12.0. The van der Waals surface area contributed by atoms with E-state index >= 15 is 0 Å². The lowest BCUT2D eigenvalue weighted by Crippen LogP contribution is -2.45. The molecule has 0 aromatic rings. The molecule has 2 saturated carbocycles. The summed E-state index contributed by atoms with van der Waals surface area (Å²) in [6.07, 6.45) is 5.18. The molecule has 0 unspecified atom stereocenters. The highest BCUT2D eigenvalue weighted by Gasteiger charge is 2.45. The lowest BCUT2D eigenvalue weighted by molar-refractivity contribution is -0.170. The molecule has 6 nitrogen and oxygen atoms in total. The maximum Gasteiger partial charge on any atom is 0.317 e. The van der Waals surface area contributed by atoms with E-state index < -0.39 is 29.7 Å². The zero-order valence-corrected chi connectivity index (χ0v) is 24.0. The van der Waals surface area contributed by atoms with Crippen molar-refractivity contribution in [1.82, 2.24) is 0 Å². The highest BCUT2D eigenvalue weighted by Crippen LogP contribution is 2.38. The number of ether oxygens (including phenoxy) is 2. The normalized spacial score (nSPS) is 30.7. The molecule has 36 heavy (non-hydrogen) atoms. The molecule has 2 fully saturated rings. The Morgan fingerprint density at radius 1 is 0.611 bits per heavy atom. The van der Waals surface area contributed by atoms with Crippen molar-refractivity contribution in [2.75, 3.05) is 0 Å². The van der Waals surface area contributed by atoms with Crippen LogP contribution in [-0.2, 0) is 28.7 Å². The Hall–Kier alpha value is -1.72. The molecule has 0 N–H and O–H groups in total. The third kappa shape index (κ3) is 7.64. The third-order valence-electron chi connectivity index (χ3n) is 8.89. The SMILES string of the molecule is CC(=O)[C@H](C(=O)O[C@@H]1C[C@H](C)CC[C@@H]1C(C)C)C(C)[C@H](C(C)=O)C(=O)O[C@@H]1C[C@H](C)CC[C@@H]1C(C)C. The summed E-state index contributed by atoms with van der Waals surface area (Å²) in [4.78, 5) is 52.2. The van der Waals surface area contributed by atoms with Crippen molar-refractivity contribution in [3.05, 3.63) is 0 Å². The van der Waals surface area contributed by atoms with Gasteiger partial charge in [-0.25, -0.2) is 0 Å². The minimum Gasteiger partial charge on any atom is -0.462 e. The van der Waals surface area contributed by atoms with Crippen molar-refractivity contribution in [3.8, 4) is 0 Å². The van der Waals surface area contributed by atoms with E-state index in [9.17, 15) is 19.2 Å². The quantitative estimate of drug-likeness (QED) is 0.265. The van der Waals surface area contributed by atoms with Gasteiger partial charge in [0.15, 0.2) is 0 Å². The smallest absolute Gasteiger partial charge is 0.317 e. The molecular weight excluding hydrogens is 456 g/mol. The molecule has 2 aliphatic carbocycles. The van der Waals surface area contributed by atoms with E-state index in [1.807, 2.05) is 0 Å². The number of Topliss-reactive ketones (excluding diaryl/α,β-unsaturated/α-hetero) is 2. The van der Waals surface area contributed by atoms with Gasteiger partial charge in [0.25, 0.3) is 0 Å². The molecule has 0 spiro atoms. The van der Waals surface area contributed by atoms with E-state index in [0.717, 1.165) is 38.5 Å². The molecule has 0 aromatic heterocycles. The summed E-state index contributed by atoms with van der Waals surface area (Å²) in [6.45, 7) is 17.1. The number of hydrogen-bond donors (Lipinski definition) is 0. The lowest BCUT2D eigenvalue weighted by atomic mass is 9.74. The summed E-state index contributed by atoms with van der Waals surface area (Å²) in [5.74, 6) is -3.13. The zero-order chi connectivity index (χ0) is 27.3. The molecule has 0 bridgehead atoms. The van der Waals surface area contributed by atoms with Gasteiger partial charge in [-0.05, 0) is 81.0 Å². The fraction of sp³-hybridized carbons (Fsp3) is 0.867. The van der Waals surface area contributed by atoms with Gasteiger partial charge in [-0.15, -0.1) is 0 Å². The maximum atomic E-state index is 13.4. The van der Waals surface area contributed by atoms with Crippen LogP contribution < -0.4 is 0 Å². The number of esters is 2. The molecule has 0 radical (unpaired) electrons. The van der Waals surface area contributed by atoms with Crippen molar-refractivity contribution >= 4 is 23.5 Å². The lowest BCUT2D eigenvalue weighted by Gasteiger charge is -2.38. The van der Waals surface area contributed by atoms with Gasteiger partial charge in [0, 0.05) is 0 Å². The maximum absolute atomic E-state index is 13.4. The highest BCUT2D eigenvalue weighted by molar-refractivity contribution is 6.02. The number of rotatable bonds is 10. The van der Waals surface area contributed by atoms with Crippen LogP contribution in [0.5, 0.6) is 0 Å². The molecule has 206 valence electrons. The Balaban J connectivity index is 2.22. The van der Waals surface area contributed by atoms with Crippen LogP contribution in [0.3, 0.4) is 0 Å². The van der Waals surface area contributed by atoms with Gasteiger partial charge >= 0.3 is 11.9 Å². The summed E-state index contributed by atoms with van der Waals surface area (Å²) in [5, 5.41) is 0. The molecule has 0 aromatic carbocycles. The monoisotopic (exact) mass is 506 g/mol. The molecule has 0 heterocycles. The predicted octanol–water partition coefficient (Wildman–Crippen LogP) is 6.04. The zero-order valence-electron chi connectivity index (χ0n) is 24.0. The van der Waals surface area contributed by atoms with E-state index in [0.29, 0.717) is 23.7 Å².